The van der Waals surface area contributed by atoms with Crippen molar-refractivity contribution in [3.8, 4) is 11.5 Å². The molecule has 1 amide bonds. The Labute approximate surface area is 145 Å². The highest BCUT2D eigenvalue weighted by atomic mass is 16.5. The second-order valence-corrected chi connectivity index (χ2v) is 5.30. The van der Waals surface area contributed by atoms with Gasteiger partial charge in [-0.05, 0) is 36.8 Å². The highest BCUT2D eigenvalue weighted by Gasteiger charge is 2.18. The summed E-state index contributed by atoms with van der Waals surface area (Å²) < 4.78 is 20.6. The number of hydrogen-bond donors (Lipinski definition) is 1. The lowest BCUT2D eigenvalue weighted by Crippen LogP contribution is -2.35. The highest BCUT2D eigenvalue weighted by Crippen LogP contribution is 2.27. The number of hydrogen-bond acceptors (Lipinski definition) is 6. The second-order valence-electron chi connectivity index (χ2n) is 5.30. The van der Waals surface area contributed by atoms with E-state index in [1.54, 1.807) is 30.3 Å². The van der Waals surface area contributed by atoms with E-state index in [1.165, 1.54) is 27.4 Å². The van der Waals surface area contributed by atoms with Crippen LogP contribution in [0.15, 0.2) is 41.0 Å². The molecule has 0 saturated carbocycles. The largest absolute Gasteiger partial charge is 0.493 e. The third-order valence-corrected chi connectivity index (χ3v) is 3.49. The zero-order chi connectivity index (χ0) is 18.2. The number of amides is 1. The average molecular weight is 347 g/mol. The van der Waals surface area contributed by atoms with Gasteiger partial charge in [-0.25, -0.2) is 0 Å². The summed E-state index contributed by atoms with van der Waals surface area (Å²) in [4.78, 5) is 24.0. The predicted molar refractivity (Wildman–Crippen MR) is 89.4 cm³/mol. The van der Waals surface area contributed by atoms with Crippen LogP contribution in [0.4, 0.5) is 0 Å². The molecule has 0 bridgehead atoms. The van der Waals surface area contributed by atoms with Crippen LogP contribution in [0.5, 0.6) is 11.5 Å². The van der Waals surface area contributed by atoms with Crippen LogP contribution in [0.1, 0.15) is 18.2 Å². The number of furan rings is 1. The van der Waals surface area contributed by atoms with E-state index < -0.39 is 18.0 Å². The van der Waals surface area contributed by atoms with Gasteiger partial charge in [0.05, 0.1) is 33.4 Å². The van der Waals surface area contributed by atoms with Gasteiger partial charge in [-0.15, -0.1) is 0 Å². The molecule has 0 aliphatic heterocycles. The molecule has 25 heavy (non-hydrogen) atoms. The number of benzene rings is 1. The Hall–Kier alpha value is -2.96. The van der Waals surface area contributed by atoms with Gasteiger partial charge in [-0.3, -0.25) is 9.59 Å². The van der Waals surface area contributed by atoms with Crippen LogP contribution in [0.2, 0.25) is 0 Å². The smallest absolute Gasteiger partial charge is 0.311 e. The van der Waals surface area contributed by atoms with E-state index in [1.807, 2.05) is 0 Å². The SMILES string of the molecule is COc1ccc(CC(=O)O[C@@H](C)C(=O)NCc2ccco2)cc1OC. The Morgan fingerprint density at radius 3 is 2.56 bits per heavy atom. The summed E-state index contributed by atoms with van der Waals surface area (Å²) in [6.45, 7) is 1.76. The fourth-order valence-electron chi connectivity index (χ4n) is 2.18. The van der Waals surface area contributed by atoms with Gasteiger partial charge in [0.25, 0.3) is 5.91 Å². The zero-order valence-electron chi connectivity index (χ0n) is 14.4. The molecule has 0 saturated heterocycles. The minimum Gasteiger partial charge on any atom is -0.493 e. The number of nitrogens with one attached hydrogen (secondary N) is 1. The molecule has 1 aromatic carbocycles. The number of ether oxygens (including phenoxy) is 3. The summed E-state index contributed by atoms with van der Waals surface area (Å²) in [5.74, 6) is 0.824. The Morgan fingerprint density at radius 2 is 1.92 bits per heavy atom. The summed E-state index contributed by atoms with van der Waals surface area (Å²) in [5, 5.41) is 2.64. The van der Waals surface area contributed by atoms with Crippen molar-refractivity contribution in [2.24, 2.45) is 0 Å². The van der Waals surface area contributed by atoms with E-state index in [0.29, 0.717) is 22.8 Å². The van der Waals surface area contributed by atoms with Gasteiger partial charge < -0.3 is 23.9 Å². The number of esters is 1. The molecule has 1 aromatic heterocycles. The fourth-order valence-corrected chi connectivity index (χ4v) is 2.18. The lowest BCUT2D eigenvalue weighted by atomic mass is 10.1. The quantitative estimate of drug-likeness (QED) is 0.736. The van der Waals surface area contributed by atoms with Crippen molar-refractivity contribution in [3.63, 3.8) is 0 Å². The first-order valence-electron chi connectivity index (χ1n) is 7.74. The lowest BCUT2D eigenvalue weighted by molar-refractivity contribution is -0.154. The van der Waals surface area contributed by atoms with Crippen LogP contribution in [0.3, 0.4) is 0 Å². The van der Waals surface area contributed by atoms with Gasteiger partial charge >= 0.3 is 5.97 Å². The van der Waals surface area contributed by atoms with E-state index in [4.69, 9.17) is 18.6 Å². The van der Waals surface area contributed by atoms with E-state index >= 15 is 0 Å². The van der Waals surface area contributed by atoms with Crippen LogP contribution in [-0.4, -0.2) is 32.2 Å². The van der Waals surface area contributed by atoms with Crippen molar-refractivity contribution in [2.45, 2.75) is 26.0 Å². The number of carbonyl (C=O) groups is 2. The minimum atomic E-state index is -0.900. The molecule has 1 atom stereocenters. The first-order chi connectivity index (χ1) is 12.0. The molecule has 2 aromatic rings. The summed E-state index contributed by atoms with van der Waals surface area (Å²) >= 11 is 0. The Bertz CT molecular complexity index is 710. The molecule has 0 unspecified atom stereocenters. The van der Waals surface area contributed by atoms with Crippen molar-refractivity contribution < 1.29 is 28.2 Å². The highest BCUT2D eigenvalue weighted by molar-refractivity contribution is 5.83. The van der Waals surface area contributed by atoms with Crippen molar-refractivity contribution >= 4 is 11.9 Å². The molecule has 7 heteroatoms. The van der Waals surface area contributed by atoms with Crippen LogP contribution >= 0.6 is 0 Å². The molecule has 0 radical (unpaired) electrons. The van der Waals surface area contributed by atoms with Gasteiger partial charge in [0.1, 0.15) is 5.76 Å². The standard InChI is InChI=1S/C18H21NO6/c1-12(18(21)19-11-14-5-4-8-24-14)25-17(20)10-13-6-7-15(22-2)16(9-13)23-3/h4-9,12H,10-11H2,1-3H3,(H,19,21)/t12-/m0/s1. The molecule has 1 heterocycles. The monoisotopic (exact) mass is 347 g/mol. The first kappa shape index (κ1) is 18.4. The molecular formula is C18H21NO6. The molecule has 2 rings (SSSR count). The Morgan fingerprint density at radius 1 is 1.16 bits per heavy atom. The first-order valence-corrected chi connectivity index (χ1v) is 7.74. The molecular weight excluding hydrogens is 326 g/mol. The predicted octanol–water partition coefficient (Wildman–Crippen LogP) is 2.09. The van der Waals surface area contributed by atoms with Gasteiger partial charge in [-0.1, -0.05) is 6.07 Å². The van der Waals surface area contributed by atoms with Gasteiger partial charge in [0.15, 0.2) is 17.6 Å². The summed E-state index contributed by atoms with van der Waals surface area (Å²) in [6.07, 6.45) is 0.645. The van der Waals surface area contributed by atoms with Gasteiger partial charge in [-0.2, -0.15) is 0 Å². The van der Waals surface area contributed by atoms with E-state index in [2.05, 4.69) is 5.32 Å². The third-order valence-electron chi connectivity index (χ3n) is 3.49. The summed E-state index contributed by atoms with van der Waals surface area (Å²) in [5.41, 5.74) is 0.700. The van der Waals surface area contributed by atoms with Crippen LogP contribution in [0.25, 0.3) is 0 Å². The maximum Gasteiger partial charge on any atom is 0.311 e. The molecule has 7 nitrogen and oxygen atoms in total. The minimum absolute atomic E-state index is 0.0240. The van der Waals surface area contributed by atoms with Crippen LogP contribution in [0, 0.1) is 0 Å². The zero-order valence-corrected chi connectivity index (χ0v) is 14.4. The third kappa shape index (κ3) is 5.27. The summed E-state index contributed by atoms with van der Waals surface area (Å²) in [7, 11) is 3.06. The van der Waals surface area contributed by atoms with Crippen molar-refractivity contribution in [1.29, 1.82) is 0 Å². The van der Waals surface area contributed by atoms with Crippen LogP contribution < -0.4 is 14.8 Å². The molecule has 134 valence electrons. The second kappa shape index (κ2) is 8.77. The molecule has 1 N–H and O–H groups in total. The topological polar surface area (TPSA) is 87.0 Å². The Kier molecular flexibility index (Phi) is 6.45. The normalized spacial score (nSPS) is 11.5. The average Bonchev–Trinajstić information content (AvgIpc) is 3.12. The van der Waals surface area contributed by atoms with Crippen molar-refractivity contribution in [3.05, 3.63) is 47.9 Å². The number of rotatable bonds is 8. The molecule has 0 aliphatic carbocycles. The molecule has 0 spiro atoms. The van der Waals surface area contributed by atoms with E-state index in [-0.39, 0.29) is 13.0 Å². The van der Waals surface area contributed by atoms with E-state index in [9.17, 15) is 9.59 Å². The Balaban J connectivity index is 1.85. The van der Waals surface area contributed by atoms with Crippen molar-refractivity contribution in [1.82, 2.24) is 5.32 Å². The lowest BCUT2D eigenvalue weighted by Gasteiger charge is -2.13. The molecule has 0 fully saturated rings. The van der Waals surface area contributed by atoms with Gasteiger partial charge in [0, 0.05) is 0 Å². The van der Waals surface area contributed by atoms with E-state index in [0.717, 1.165) is 0 Å². The van der Waals surface area contributed by atoms with Gasteiger partial charge in [0.2, 0.25) is 0 Å². The fraction of sp³-hybridized carbons (Fsp3) is 0.333. The number of carbonyl (C=O) groups excluding carboxylic acids is 2. The molecule has 0 aliphatic rings. The maximum atomic E-state index is 12.0. The maximum absolute atomic E-state index is 12.0. The van der Waals surface area contributed by atoms with Crippen LogP contribution in [-0.2, 0) is 27.3 Å². The summed E-state index contributed by atoms with van der Waals surface area (Å²) in [6, 6.07) is 8.62. The number of methoxy groups -OCH3 is 2. The van der Waals surface area contributed by atoms with Crippen molar-refractivity contribution in [2.75, 3.05) is 14.2 Å².